The monoisotopic (exact) mass is 1440 g/mol. The fraction of sp³-hybridized carbons (Fsp3) is 0.882. The number of ether oxygens (including phenoxy) is 3. The van der Waals surface area contributed by atoms with Crippen LogP contribution in [0.5, 0.6) is 0 Å². The number of aliphatic hydroxyl groups is 19. The number of esters is 1. The number of aliphatic hydroxyl groups excluding tert-OH is 19. The van der Waals surface area contributed by atoms with E-state index >= 15 is 0 Å². The lowest BCUT2D eigenvalue weighted by Gasteiger charge is -2.41. The van der Waals surface area contributed by atoms with Gasteiger partial charge < -0.3 is 117 Å². The number of cyclic esters (lactones) is 1. The van der Waals surface area contributed by atoms with Gasteiger partial charge in [-0.05, 0) is 139 Å². The maximum Gasteiger partial charge on any atom is 0.306 e. The van der Waals surface area contributed by atoms with Gasteiger partial charge >= 0.3 is 5.97 Å². The van der Waals surface area contributed by atoms with Crippen LogP contribution in [0.15, 0.2) is 47.6 Å². The first kappa shape index (κ1) is 93.6. The van der Waals surface area contributed by atoms with E-state index in [0.29, 0.717) is 82.7 Å². The molecule has 1 fully saturated rings. The molecule has 0 radical (unpaired) electrons. The Morgan fingerprint density at radius 3 is 1.68 bits per heavy atom. The van der Waals surface area contributed by atoms with Crippen molar-refractivity contribution in [1.29, 1.82) is 0 Å². The van der Waals surface area contributed by atoms with Crippen molar-refractivity contribution in [2.75, 3.05) is 13.2 Å². The molecule has 29 unspecified atom stereocenters. The first-order valence-electron chi connectivity index (χ1n) is 37.5. The molecular formula is C76H141NO23. The third-order valence-corrected chi connectivity index (χ3v) is 22.1. The molecule has 0 aliphatic carbocycles. The summed E-state index contributed by atoms with van der Waals surface area (Å²) in [6, 6.07) is 0. The summed E-state index contributed by atoms with van der Waals surface area (Å²) in [5.41, 5.74) is 6.42. The minimum atomic E-state index is -1.88. The normalized spacial score (nSPS) is 44.1. The van der Waals surface area contributed by atoms with Gasteiger partial charge in [0.15, 0.2) is 6.29 Å². The Labute approximate surface area is 597 Å². The van der Waals surface area contributed by atoms with Gasteiger partial charge in [-0.25, -0.2) is 0 Å². The number of allylic oxidation sites excluding steroid dienone is 1. The molecule has 2 rings (SSSR count). The van der Waals surface area contributed by atoms with Crippen molar-refractivity contribution in [2.24, 2.45) is 76.7 Å². The Kier molecular flexibility index (Phi) is 44.3. The number of rotatable bonds is 12. The maximum absolute atomic E-state index is 13.7. The van der Waals surface area contributed by atoms with Crippen LogP contribution in [0.1, 0.15) is 206 Å². The number of carbonyl (C=O) groups excluding carboxylic acids is 1. The standard InChI is InChI=1S/C76H141NO23/c1-40(25-28-54(79)22-19-31-77)32-48(9)75-53(14)62(87)38-57(82)37-61(86)51(12)70(93)50(11)59(84)35-55(80)29-26-43(4)66(89)44(5)27-30-56(81)36-60(85)52(13)71(94)63(98-76-74(97)73(96)72(95)64(39-78)99-76)34-47(8)68(91)46(7)33-45(6)67(90)41(2)20-18-21-42(3)69(92)49(10)58(83)23-16-15-17-24-65(88)100-75/h18,20,27,30,33-34,40-44,46,48-64,66-76,78-87,89-97H,15-17,19,21-26,28-29,31-32,35-39,77H2,1-14H3/b20-18-,30-27+,45-33-,47-34-/t40?,41?,42?,43?,44?,46?,48?,49?,50?,51?,52?,53?,54?,55?,56?,57?,58?,59?,60?,61?,62?,63?,64-,66?,67?,68?,69?,70?,71?,72-,73+,74+,75?,76+/m1/s1. The highest BCUT2D eigenvalue weighted by molar-refractivity contribution is 5.69. The van der Waals surface area contributed by atoms with E-state index in [9.17, 15) is 102 Å². The molecule has 0 bridgehead atoms. The van der Waals surface area contributed by atoms with Gasteiger partial charge in [0.1, 0.15) is 36.6 Å². The molecule has 0 amide bonds. The molecule has 24 nitrogen and oxygen atoms in total. The van der Waals surface area contributed by atoms with E-state index in [0.717, 1.165) is 0 Å². The molecule has 34 atom stereocenters. The number of carbonyl (C=O) groups is 1. The lowest BCUT2D eigenvalue weighted by molar-refractivity contribution is -0.314. The summed E-state index contributed by atoms with van der Waals surface area (Å²) < 4.78 is 17.9. The van der Waals surface area contributed by atoms with Gasteiger partial charge in [0.05, 0.1) is 98.2 Å². The average molecular weight is 1440 g/mol. The SMILES string of the molecule is C/C1=C/C(C)C(O)/C(C)=C\C(O[C@H]2O[C@H](CO)[C@@H](O)[C@H](O)[C@@H]2O)C(O)C(C)C(O)CC(O)/C=C/C(C)C(O)C(C)CCC(O)CC(O)C(C)C(O)C(C)C(O)CC(O)CC(O)C(C)C(C(C)CC(C)CCC(O)CCCN)OC(=O)CCCCCC(O)C(C)C(O)C(C)C/C=C\C(C)C1O. The zero-order valence-electron chi connectivity index (χ0n) is 62.7. The van der Waals surface area contributed by atoms with E-state index in [1.54, 1.807) is 74.5 Å². The minimum Gasteiger partial charge on any atom is -0.462 e. The second-order valence-electron chi connectivity index (χ2n) is 31.1. The zero-order chi connectivity index (χ0) is 76.2. The smallest absolute Gasteiger partial charge is 0.306 e. The van der Waals surface area contributed by atoms with Gasteiger partial charge in [-0.15, -0.1) is 0 Å². The molecule has 0 saturated carbocycles. The Hall–Kier alpha value is -2.45. The molecule has 0 aromatic heterocycles. The van der Waals surface area contributed by atoms with Crippen LogP contribution in [0.2, 0.25) is 0 Å². The Balaban J connectivity index is 2.48. The topological polar surface area (TPSA) is 455 Å². The fourth-order valence-electron chi connectivity index (χ4n) is 14.2. The van der Waals surface area contributed by atoms with Gasteiger partial charge in [-0.2, -0.15) is 0 Å². The van der Waals surface area contributed by atoms with E-state index in [4.69, 9.17) is 19.9 Å². The van der Waals surface area contributed by atoms with Crippen molar-refractivity contribution in [3.63, 3.8) is 0 Å². The Morgan fingerprint density at radius 2 is 1.08 bits per heavy atom. The summed E-state index contributed by atoms with van der Waals surface area (Å²) >= 11 is 0. The largest absolute Gasteiger partial charge is 0.462 e. The van der Waals surface area contributed by atoms with Crippen LogP contribution >= 0.6 is 0 Å². The fourth-order valence-corrected chi connectivity index (χ4v) is 14.2. The molecule has 0 spiro atoms. The van der Waals surface area contributed by atoms with Crippen molar-refractivity contribution in [3.05, 3.63) is 47.6 Å². The summed E-state index contributed by atoms with van der Waals surface area (Å²) in [6.45, 7) is 24.0. The summed E-state index contributed by atoms with van der Waals surface area (Å²) in [4.78, 5) is 13.7. The van der Waals surface area contributed by atoms with Crippen LogP contribution < -0.4 is 5.73 Å². The molecule has 588 valence electrons. The highest BCUT2D eigenvalue weighted by atomic mass is 16.7. The Bertz CT molecular complexity index is 2330. The minimum absolute atomic E-state index is 0.0653. The van der Waals surface area contributed by atoms with Gasteiger partial charge in [-0.3, -0.25) is 4.79 Å². The van der Waals surface area contributed by atoms with E-state index in [1.807, 2.05) is 32.9 Å². The molecule has 24 heteroatoms. The predicted octanol–water partition coefficient (Wildman–Crippen LogP) is 3.74. The van der Waals surface area contributed by atoms with Crippen LogP contribution in [0.3, 0.4) is 0 Å². The average Bonchev–Trinajstić information content (AvgIpc) is 0.809. The first-order valence-corrected chi connectivity index (χ1v) is 37.5. The van der Waals surface area contributed by atoms with Gasteiger partial charge in [0.2, 0.25) is 0 Å². The van der Waals surface area contributed by atoms with Gasteiger partial charge in [-0.1, -0.05) is 132 Å². The molecule has 1 saturated heterocycles. The third-order valence-electron chi connectivity index (χ3n) is 22.1. The van der Waals surface area contributed by atoms with E-state index in [-0.39, 0.29) is 61.9 Å². The van der Waals surface area contributed by atoms with Gasteiger partial charge in [0.25, 0.3) is 0 Å². The van der Waals surface area contributed by atoms with Crippen LogP contribution in [-0.2, 0) is 19.0 Å². The van der Waals surface area contributed by atoms with Crippen LogP contribution in [0.4, 0.5) is 0 Å². The zero-order valence-corrected chi connectivity index (χ0v) is 62.7. The van der Waals surface area contributed by atoms with Crippen molar-refractivity contribution in [3.8, 4) is 0 Å². The number of hydrogen-bond donors (Lipinski definition) is 20. The molecule has 2 aliphatic rings. The molecule has 100 heavy (non-hydrogen) atoms. The van der Waals surface area contributed by atoms with Crippen LogP contribution in [-0.4, -0.2) is 251 Å². The van der Waals surface area contributed by atoms with E-state index in [2.05, 4.69) is 6.92 Å². The molecule has 2 aliphatic heterocycles. The van der Waals surface area contributed by atoms with Crippen molar-refractivity contribution in [1.82, 2.24) is 0 Å². The predicted molar refractivity (Wildman–Crippen MR) is 382 cm³/mol. The van der Waals surface area contributed by atoms with Crippen LogP contribution in [0, 0.1) is 71.0 Å². The highest BCUT2D eigenvalue weighted by Gasteiger charge is 2.46. The summed E-state index contributed by atoms with van der Waals surface area (Å²) in [5.74, 6) is -6.85. The second kappa shape index (κ2) is 47.3. The van der Waals surface area contributed by atoms with Crippen molar-refractivity contribution >= 4 is 5.97 Å². The molecule has 2 heterocycles. The lowest BCUT2D eigenvalue weighted by atomic mass is 9.80. The second-order valence-corrected chi connectivity index (χ2v) is 31.1. The van der Waals surface area contributed by atoms with Crippen LogP contribution in [0.25, 0.3) is 0 Å². The lowest BCUT2D eigenvalue weighted by Crippen LogP contribution is -2.60. The Morgan fingerprint density at radius 1 is 0.530 bits per heavy atom. The molecule has 0 aromatic carbocycles. The van der Waals surface area contributed by atoms with Gasteiger partial charge in [0, 0.05) is 60.2 Å². The highest BCUT2D eigenvalue weighted by Crippen LogP contribution is 2.34. The number of hydrogen-bond acceptors (Lipinski definition) is 24. The van der Waals surface area contributed by atoms with Crippen molar-refractivity contribution in [2.45, 2.75) is 341 Å². The first-order chi connectivity index (χ1) is 46.7. The van der Waals surface area contributed by atoms with E-state index in [1.165, 1.54) is 19.1 Å². The number of nitrogens with two attached hydrogens (primary N) is 1. The molecule has 0 aromatic rings. The summed E-state index contributed by atoms with van der Waals surface area (Å²) in [6.07, 6.45) is -13.0. The quantitative estimate of drug-likeness (QED) is 0.0977. The third kappa shape index (κ3) is 31.5. The maximum atomic E-state index is 13.7. The van der Waals surface area contributed by atoms with Crippen molar-refractivity contribution < 1.29 is 116 Å². The molecular weight excluding hydrogens is 1290 g/mol. The summed E-state index contributed by atoms with van der Waals surface area (Å²) in [7, 11) is 0. The van der Waals surface area contributed by atoms with E-state index < -0.39 is 200 Å². The molecule has 21 N–H and O–H groups in total. The summed E-state index contributed by atoms with van der Waals surface area (Å²) in [5, 5.41) is 212.